The van der Waals surface area contributed by atoms with E-state index in [-0.39, 0.29) is 12.2 Å². The Balaban J connectivity index is 1.38. The molecule has 0 radical (unpaired) electrons. The minimum atomic E-state index is -2.05. The molecule has 0 amide bonds. The summed E-state index contributed by atoms with van der Waals surface area (Å²) in [5.74, 6) is 1.77. The number of hydrogen-bond acceptors (Lipinski definition) is 5. The second kappa shape index (κ2) is 8.24. The minimum absolute atomic E-state index is 0.273. The lowest BCUT2D eigenvalue weighted by atomic mass is 10.3. The Morgan fingerprint density at radius 3 is 1.34 bits per heavy atom. The van der Waals surface area contributed by atoms with Crippen molar-refractivity contribution in [1.29, 1.82) is 0 Å². The lowest BCUT2D eigenvalue weighted by Crippen LogP contribution is -2.57. The van der Waals surface area contributed by atoms with Gasteiger partial charge in [-0.05, 0) is 60.8 Å². The molecule has 156 valence electrons. The molecule has 0 bridgehead atoms. The summed E-state index contributed by atoms with van der Waals surface area (Å²) in [6, 6.07) is 16.8. The second-order valence-electron chi connectivity index (χ2n) is 8.70. The van der Waals surface area contributed by atoms with Crippen molar-refractivity contribution in [3.63, 3.8) is 0 Å². The highest BCUT2D eigenvalue weighted by molar-refractivity contribution is 6.96. The van der Waals surface area contributed by atoms with Crippen LogP contribution in [0.4, 0.5) is 0 Å². The third kappa shape index (κ3) is 5.70. The van der Waals surface area contributed by atoms with E-state index in [0.29, 0.717) is 13.2 Å². The third-order valence-corrected chi connectivity index (χ3v) is 12.8. The Labute approximate surface area is 175 Å². The fourth-order valence-electron chi connectivity index (χ4n) is 3.37. The number of ether oxygens (including phenoxy) is 4. The largest absolute Gasteiger partial charge is 0.491 e. The molecule has 2 saturated heterocycles. The molecule has 2 unspecified atom stereocenters. The molecular formula is C22H30O5Si2. The molecule has 2 fully saturated rings. The quantitative estimate of drug-likeness (QED) is 0.429. The standard InChI is InChI=1S/C22H30O5Si2/c1-28(2,21-9-5-17(6-10-21)23-13-19-15-25-19)27-29(3,4)22-11-7-18(8-12-22)24-14-20-16-26-20/h5-12,19-20H,13-16H2,1-4H3. The Hall–Kier alpha value is -1.65. The average molecular weight is 431 g/mol. The normalized spacial score (nSPS) is 21.0. The van der Waals surface area contributed by atoms with Gasteiger partial charge in [0.05, 0.1) is 13.2 Å². The SMILES string of the molecule is C[Si](C)(O[Si](C)(C)c1ccc(OCC2CO2)cc1)c1ccc(OCC2CO2)cc1. The van der Waals surface area contributed by atoms with Gasteiger partial charge in [-0.2, -0.15) is 0 Å². The van der Waals surface area contributed by atoms with E-state index >= 15 is 0 Å². The first-order valence-electron chi connectivity index (χ1n) is 10.2. The van der Waals surface area contributed by atoms with Gasteiger partial charge in [-0.1, -0.05) is 24.3 Å². The summed E-state index contributed by atoms with van der Waals surface area (Å²) < 4.78 is 28.7. The maximum absolute atomic E-state index is 6.85. The maximum Gasteiger partial charge on any atom is 0.206 e. The van der Waals surface area contributed by atoms with Crippen LogP contribution in [0.3, 0.4) is 0 Å². The van der Waals surface area contributed by atoms with Crippen molar-refractivity contribution in [2.45, 2.75) is 38.4 Å². The molecule has 29 heavy (non-hydrogen) atoms. The summed E-state index contributed by atoms with van der Waals surface area (Å²) in [5, 5.41) is 2.55. The molecule has 0 N–H and O–H groups in total. The molecule has 2 atom stereocenters. The maximum atomic E-state index is 6.85. The molecule has 5 nitrogen and oxygen atoms in total. The molecular weight excluding hydrogens is 400 g/mol. The minimum Gasteiger partial charge on any atom is -0.491 e. The average Bonchev–Trinajstić information content (AvgIpc) is 3.60. The highest BCUT2D eigenvalue weighted by Gasteiger charge is 2.36. The Morgan fingerprint density at radius 2 is 1.03 bits per heavy atom. The van der Waals surface area contributed by atoms with E-state index in [4.69, 9.17) is 23.1 Å². The smallest absolute Gasteiger partial charge is 0.206 e. The molecule has 0 saturated carbocycles. The Morgan fingerprint density at radius 1 is 0.690 bits per heavy atom. The van der Waals surface area contributed by atoms with Crippen LogP contribution in [0, 0.1) is 0 Å². The highest BCUT2D eigenvalue weighted by Crippen LogP contribution is 2.20. The van der Waals surface area contributed by atoms with Crippen LogP contribution in [0.15, 0.2) is 48.5 Å². The molecule has 2 aliphatic rings. The molecule has 4 rings (SSSR count). The van der Waals surface area contributed by atoms with Gasteiger partial charge in [0, 0.05) is 0 Å². The first-order valence-corrected chi connectivity index (χ1v) is 16.0. The van der Waals surface area contributed by atoms with E-state index in [1.54, 1.807) is 0 Å². The van der Waals surface area contributed by atoms with Crippen molar-refractivity contribution in [2.24, 2.45) is 0 Å². The summed E-state index contributed by atoms with van der Waals surface area (Å²) >= 11 is 0. The zero-order valence-corrected chi connectivity index (χ0v) is 19.6. The van der Waals surface area contributed by atoms with Gasteiger partial charge in [-0.15, -0.1) is 0 Å². The Kier molecular flexibility index (Phi) is 5.86. The van der Waals surface area contributed by atoms with Crippen LogP contribution in [0.25, 0.3) is 0 Å². The van der Waals surface area contributed by atoms with Crippen LogP contribution in [-0.2, 0) is 13.6 Å². The number of hydrogen-bond donors (Lipinski definition) is 0. The van der Waals surface area contributed by atoms with Crippen LogP contribution in [0.2, 0.25) is 26.2 Å². The van der Waals surface area contributed by atoms with Gasteiger partial charge >= 0.3 is 0 Å². The van der Waals surface area contributed by atoms with E-state index in [0.717, 1.165) is 24.7 Å². The number of epoxide rings is 2. The van der Waals surface area contributed by atoms with Crippen LogP contribution in [0.1, 0.15) is 0 Å². The molecule has 0 aromatic heterocycles. The van der Waals surface area contributed by atoms with Crippen LogP contribution in [-0.4, -0.2) is 55.3 Å². The number of benzene rings is 2. The van der Waals surface area contributed by atoms with Gasteiger partial charge in [-0.3, -0.25) is 0 Å². The first kappa shape index (κ1) is 20.6. The predicted octanol–water partition coefficient (Wildman–Crippen LogP) is 2.78. The van der Waals surface area contributed by atoms with E-state index in [9.17, 15) is 0 Å². The van der Waals surface area contributed by atoms with E-state index < -0.39 is 16.6 Å². The van der Waals surface area contributed by atoms with Crippen molar-refractivity contribution in [3.05, 3.63) is 48.5 Å². The van der Waals surface area contributed by atoms with Gasteiger partial charge in [0.1, 0.15) is 36.9 Å². The van der Waals surface area contributed by atoms with Crippen LogP contribution < -0.4 is 19.8 Å². The zero-order valence-electron chi connectivity index (χ0n) is 17.6. The molecule has 7 heteroatoms. The summed E-state index contributed by atoms with van der Waals surface area (Å²) in [6.07, 6.45) is 0.545. The molecule has 2 aromatic carbocycles. The third-order valence-electron chi connectivity index (χ3n) is 5.29. The first-order chi connectivity index (χ1) is 13.8. The summed E-state index contributed by atoms with van der Waals surface area (Å²) in [4.78, 5) is 0. The van der Waals surface area contributed by atoms with Gasteiger partial charge in [0.25, 0.3) is 0 Å². The summed E-state index contributed by atoms with van der Waals surface area (Å²) in [7, 11) is -4.11. The lowest BCUT2D eigenvalue weighted by molar-refractivity contribution is 0.263. The fraction of sp³-hybridized carbons (Fsp3) is 0.455. The van der Waals surface area contributed by atoms with Gasteiger partial charge in [0.2, 0.25) is 16.6 Å². The van der Waals surface area contributed by atoms with Gasteiger partial charge < -0.3 is 23.1 Å². The second-order valence-corrected chi connectivity index (χ2v) is 16.7. The molecule has 2 aromatic rings. The van der Waals surface area contributed by atoms with Crippen molar-refractivity contribution >= 4 is 27.0 Å². The van der Waals surface area contributed by atoms with Crippen LogP contribution in [0.5, 0.6) is 11.5 Å². The zero-order chi connectivity index (χ0) is 20.5. The lowest BCUT2D eigenvalue weighted by Gasteiger charge is -2.34. The summed E-state index contributed by atoms with van der Waals surface area (Å²) in [6.45, 7) is 12.0. The highest BCUT2D eigenvalue weighted by atomic mass is 28.4. The summed E-state index contributed by atoms with van der Waals surface area (Å²) in [5.41, 5.74) is 0. The van der Waals surface area contributed by atoms with Gasteiger partial charge in [0.15, 0.2) is 0 Å². The Bertz CT molecular complexity index is 743. The molecule has 2 heterocycles. The van der Waals surface area contributed by atoms with Crippen LogP contribution >= 0.6 is 0 Å². The van der Waals surface area contributed by atoms with Crippen molar-refractivity contribution in [3.8, 4) is 11.5 Å². The monoisotopic (exact) mass is 430 g/mol. The molecule has 0 spiro atoms. The molecule has 0 aliphatic carbocycles. The van der Waals surface area contributed by atoms with E-state index in [1.165, 1.54) is 10.4 Å². The number of rotatable bonds is 10. The predicted molar refractivity (Wildman–Crippen MR) is 119 cm³/mol. The fourth-order valence-corrected chi connectivity index (χ4v) is 11.4. The van der Waals surface area contributed by atoms with Gasteiger partial charge in [-0.25, -0.2) is 0 Å². The molecule has 2 aliphatic heterocycles. The van der Waals surface area contributed by atoms with Crippen molar-refractivity contribution in [1.82, 2.24) is 0 Å². The van der Waals surface area contributed by atoms with Crippen molar-refractivity contribution < 1.29 is 23.1 Å². The van der Waals surface area contributed by atoms with Crippen molar-refractivity contribution in [2.75, 3.05) is 26.4 Å². The van der Waals surface area contributed by atoms with E-state index in [2.05, 4.69) is 50.5 Å². The van der Waals surface area contributed by atoms with E-state index in [1.807, 2.05) is 24.3 Å². The topological polar surface area (TPSA) is 52.8 Å².